The molecule has 2 aliphatic rings. The summed E-state index contributed by atoms with van der Waals surface area (Å²) in [7, 11) is 1.77. The number of carbonyl (C=O) groups excluding carboxylic acids is 4. The molecule has 1 atom stereocenters. The Hall–Kier alpha value is -5.45. The highest BCUT2D eigenvalue weighted by atomic mass is 19.1. The third kappa shape index (κ3) is 5.44. The number of nitrogens with zero attached hydrogens (tertiary/aromatic N) is 4. The molecule has 216 valence electrons. The lowest BCUT2D eigenvalue weighted by Gasteiger charge is -2.28. The van der Waals surface area contributed by atoms with Crippen LogP contribution in [0.3, 0.4) is 0 Å². The SMILES string of the molecule is Cc1cc(C(=O)N[C@@H](Cc2cccc(F)c2)CN2C(=O)c3ccccc3C2=O)cc(-c2ncnc3c2N(C)CC(=O)N3)c1. The fourth-order valence-corrected chi connectivity index (χ4v) is 5.56. The minimum atomic E-state index is -0.714. The zero-order valence-corrected chi connectivity index (χ0v) is 23.4. The van der Waals surface area contributed by atoms with E-state index < -0.39 is 29.6 Å². The summed E-state index contributed by atoms with van der Waals surface area (Å²) in [4.78, 5) is 63.5. The molecule has 0 fully saturated rings. The number of hydrogen-bond donors (Lipinski definition) is 2. The number of fused-ring (bicyclic) bond motifs is 2. The van der Waals surface area contributed by atoms with Crippen LogP contribution >= 0.6 is 0 Å². The molecule has 0 unspecified atom stereocenters. The van der Waals surface area contributed by atoms with Gasteiger partial charge in [0, 0.05) is 24.7 Å². The van der Waals surface area contributed by atoms with Crippen LogP contribution in [0.4, 0.5) is 15.9 Å². The molecule has 4 aromatic rings. The molecule has 11 heteroatoms. The molecule has 2 aliphatic heterocycles. The summed E-state index contributed by atoms with van der Waals surface area (Å²) in [6.45, 7) is 1.88. The second kappa shape index (κ2) is 11.1. The Morgan fingerprint density at radius 3 is 2.47 bits per heavy atom. The molecule has 0 spiro atoms. The summed E-state index contributed by atoms with van der Waals surface area (Å²) in [5.41, 5.74) is 4.16. The predicted molar refractivity (Wildman–Crippen MR) is 157 cm³/mol. The van der Waals surface area contributed by atoms with Crippen LogP contribution in [0.5, 0.6) is 0 Å². The highest BCUT2D eigenvalue weighted by Crippen LogP contribution is 2.36. The zero-order chi connectivity index (χ0) is 30.2. The van der Waals surface area contributed by atoms with Crippen LogP contribution in [0.1, 0.15) is 42.2 Å². The van der Waals surface area contributed by atoms with Crippen molar-refractivity contribution >= 4 is 35.1 Å². The van der Waals surface area contributed by atoms with Gasteiger partial charge in [0.2, 0.25) is 5.91 Å². The zero-order valence-electron chi connectivity index (χ0n) is 23.4. The van der Waals surface area contributed by atoms with E-state index in [1.165, 1.54) is 18.5 Å². The predicted octanol–water partition coefficient (Wildman–Crippen LogP) is 3.62. The van der Waals surface area contributed by atoms with Crippen LogP contribution in [-0.4, -0.2) is 64.7 Å². The van der Waals surface area contributed by atoms with E-state index in [0.29, 0.717) is 45.0 Å². The van der Waals surface area contributed by atoms with Gasteiger partial charge in [0.1, 0.15) is 17.8 Å². The number of aromatic nitrogens is 2. The number of amides is 4. The van der Waals surface area contributed by atoms with E-state index in [4.69, 9.17) is 0 Å². The smallest absolute Gasteiger partial charge is 0.261 e. The topological polar surface area (TPSA) is 125 Å². The van der Waals surface area contributed by atoms with Gasteiger partial charge in [-0.2, -0.15) is 0 Å². The van der Waals surface area contributed by atoms with Gasteiger partial charge >= 0.3 is 0 Å². The standard InChI is InChI=1S/C32H27FN6O4/c1-18-10-20(27-28-29(35-17-34-27)37-26(40)16-38(28)2)14-21(11-18)30(41)36-23(13-19-6-5-7-22(33)12-19)15-39-31(42)24-8-3-4-9-25(24)32(39)43/h3-12,14,17,23H,13,15-16H2,1-2H3,(H,36,41)(H,34,35,37,40)/t23-/m0/s1. The van der Waals surface area contributed by atoms with Gasteiger partial charge in [-0.25, -0.2) is 14.4 Å². The Labute approximate surface area is 246 Å². The fourth-order valence-electron chi connectivity index (χ4n) is 5.56. The number of likely N-dealkylation sites (N-methyl/N-ethyl adjacent to an activating group) is 1. The van der Waals surface area contributed by atoms with Crippen molar-refractivity contribution in [1.82, 2.24) is 20.2 Å². The molecule has 10 nitrogen and oxygen atoms in total. The van der Waals surface area contributed by atoms with Crippen molar-refractivity contribution in [2.75, 3.05) is 30.4 Å². The minimum absolute atomic E-state index is 0.100. The number of carbonyl (C=O) groups is 4. The van der Waals surface area contributed by atoms with Gasteiger partial charge in [-0.05, 0) is 66.9 Å². The lowest BCUT2D eigenvalue weighted by molar-refractivity contribution is -0.115. The second-order valence-electron chi connectivity index (χ2n) is 10.7. The Morgan fingerprint density at radius 1 is 1.00 bits per heavy atom. The summed E-state index contributed by atoms with van der Waals surface area (Å²) in [6, 6.07) is 17.1. The van der Waals surface area contributed by atoms with Crippen LogP contribution in [0, 0.1) is 12.7 Å². The normalized spacial score (nSPS) is 14.7. The first-order valence-corrected chi connectivity index (χ1v) is 13.7. The van der Waals surface area contributed by atoms with Gasteiger partial charge in [0.15, 0.2) is 5.82 Å². The van der Waals surface area contributed by atoms with E-state index in [9.17, 15) is 23.6 Å². The first kappa shape index (κ1) is 27.7. The largest absolute Gasteiger partial charge is 0.361 e. The average molecular weight is 579 g/mol. The van der Waals surface area contributed by atoms with Crippen LogP contribution in [-0.2, 0) is 11.2 Å². The van der Waals surface area contributed by atoms with Gasteiger partial charge in [-0.15, -0.1) is 0 Å². The number of hydrogen-bond acceptors (Lipinski definition) is 7. The van der Waals surface area contributed by atoms with Crippen LogP contribution in [0.2, 0.25) is 0 Å². The number of rotatable bonds is 7. The van der Waals surface area contributed by atoms with Gasteiger partial charge in [0.25, 0.3) is 17.7 Å². The monoisotopic (exact) mass is 578 g/mol. The molecule has 0 saturated carbocycles. The highest BCUT2D eigenvalue weighted by molar-refractivity contribution is 6.21. The number of nitrogens with one attached hydrogen (secondary N) is 2. The maximum atomic E-state index is 14.0. The van der Waals surface area contributed by atoms with Crippen LogP contribution in [0.25, 0.3) is 11.3 Å². The van der Waals surface area contributed by atoms with Crippen molar-refractivity contribution in [2.24, 2.45) is 0 Å². The first-order valence-electron chi connectivity index (χ1n) is 13.7. The number of anilines is 2. The van der Waals surface area contributed by atoms with Crippen molar-refractivity contribution in [2.45, 2.75) is 19.4 Å². The molecule has 6 rings (SSSR count). The third-order valence-electron chi connectivity index (χ3n) is 7.44. The summed E-state index contributed by atoms with van der Waals surface area (Å²) >= 11 is 0. The Balaban J connectivity index is 1.31. The van der Waals surface area contributed by atoms with Crippen molar-refractivity contribution in [3.63, 3.8) is 0 Å². The molecule has 3 aromatic carbocycles. The van der Waals surface area contributed by atoms with Gasteiger partial charge < -0.3 is 15.5 Å². The summed E-state index contributed by atoms with van der Waals surface area (Å²) < 4.78 is 14.0. The molecule has 1 aromatic heterocycles. The lowest BCUT2D eigenvalue weighted by Crippen LogP contribution is -2.47. The van der Waals surface area contributed by atoms with E-state index in [2.05, 4.69) is 20.6 Å². The highest BCUT2D eigenvalue weighted by Gasteiger charge is 2.37. The Bertz CT molecular complexity index is 1770. The van der Waals surface area contributed by atoms with Gasteiger partial charge in [-0.1, -0.05) is 24.3 Å². The van der Waals surface area contributed by atoms with E-state index in [0.717, 1.165) is 10.5 Å². The van der Waals surface area contributed by atoms with E-state index in [-0.39, 0.29) is 25.4 Å². The molecule has 3 heterocycles. The average Bonchev–Trinajstić information content (AvgIpc) is 3.21. The molecular weight excluding hydrogens is 551 g/mol. The maximum Gasteiger partial charge on any atom is 0.261 e. The number of halogens is 1. The first-order chi connectivity index (χ1) is 20.7. The van der Waals surface area contributed by atoms with Crippen LogP contribution < -0.4 is 15.5 Å². The van der Waals surface area contributed by atoms with Crippen LogP contribution in [0.15, 0.2) is 73.1 Å². The van der Waals surface area contributed by atoms with Gasteiger partial charge in [-0.3, -0.25) is 24.1 Å². The fraction of sp³-hybridized carbons (Fsp3) is 0.188. The molecular formula is C32H27FN6O4. The molecule has 0 aliphatic carbocycles. The number of benzene rings is 3. The minimum Gasteiger partial charge on any atom is -0.361 e. The molecule has 43 heavy (non-hydrogen) atoms. The van der Waals surface area contributed by atoms with Crippen molar-refractivity contribution in [3.8, 4) is 11.3 Å². The molecule has 0 bridgehead atoms. The maximum absolute atomic E-state index is 14.0. The van der Waals surface area contributed by atoms with E-state index in [1.807, 2.05) is 13.0 Å². The summed E-state index contributed by atoms with van der Waals surface area (Å²) in [5.74, 6) is -1.56. The summed E-state index contributed by atoms with van der Waals surface area (Å²) in [6.07, 6.45) is 1.53. The van der Waals surface area contributed by atoms with E-state index in [1.54, 1.807) is 60.5 Å². The molecule has 2 N–H and O–H groups in total. The van der Waals surface area contributed by atoms with Crippen molar-refractivity contribution < 1.29 is 23.6 Å². The van der Waals surface area contributed by atoms with Gasteiger partial charge in [0.05, 0.1) is 29.4 Å². The third-order valence-corrected chi connectivity index (χ3v) is 7.44. The Kier molecular flexibility index (Phi) is 7.14. The lowest BCUT2D eigenvalue weighted by atomic mass is 10.0. The second-order valence-corrected chi connectivity index (χ2v) is 10.7. The number of imide groups is 1. The Morgan fingerprint density at radius 2 is 1.74 bits per heavy atom. The summed E-state index contributed by atoms with van der Waals surface area (Å²) in [5, 5.41) is 5.73. The molecule has 4 amide bonds. The number of aryl methyl sites for hydroxylation is 1. The molecule has 0 radical (unpaired) electrons. The quantitative estimate of drug-likeness (QED) is 0.321. The van der Waals surface area contributed by atoms with Crippen molar-refractivity contribution in [3.05, 3.63) is 107 Å². The van der Waals surface area contributed by atoms with Crippen molar-refractivity contribution in [1.29, 1.82) is 0 Å². The molecule has 0 saturated heterocycles. The van der Waals surface area contributed by atoms with E-state index >= 15 is 0 Å².